The average Bonchev–Trinajstić information content (AvgIpc) is 3.41. The molecule has 1 fully saturated rings. The second kappa shape index (κ2) is 8.84. The largest absolute Gasteiger partial charge is 0.507 e. The van der Waals surface area contributed by atoms with Crippen LogP contribution in [0.5, 0.6) is 11.5 Å². The van der Waals surface area contributed by atoms with E-state index < -0.39 is 23.5 Å². The summed E-state index contributed by atoms with van der Waals surface area (Å²) in [6, 6.07) is 10.7. The number of aryl methyl sites for hydroxylation is 1. The summed E-state index contributed by atoms with van der Waals surface area (Å²) < 4.78 is 16.1. The van der Waals surface area contributed by atoms with Crippen LogP contribution in [0.15, 0.2) is 58.7 Å². The molecule has 2 heterocycles. The van der Waals surface area contributed by atoms with E-state index in [-0.39, 0.29) is 32.7 Å². The fourth-order valence-electron chi connectivity index (χ4n) is 3.81. The molecule has 1 unspecified atom stereocenters. The highest BCUT2D eigenvalue weighted by Crippen LogP contribution is 2.48. The number of carbonyl (C=O) groups is 2. The number of anilines is 1. The molecule has 9 heteroatoms. The topological polar surface area (TPSA) is 89.2 Å². The van der Waals surface area contributed by atoms with Crippen LogP contribution in [0, 0.1) is 6.92 Å². The fraction of sp³-hybridized carbons (Fsp3) is 0.167. The molecule has 0 bridgehead atoms. The molecule has 1 atom stereocenters. The number of ether oxygens (including phenoxy) is 2. The van der Waals surface area contributed by atoms with Crippen LogP contribution >= 0.6 is 23.2 Å². The molecule has 1 N–H and O–H groups in total. The van der Waals surface area contributed by atoms with E-state index in [0.29, 0.717) is 11.4 Å². The number of hydrogen-bond donors (Lipinski definition) is 1. The molecule has 1 amide bonds. The minimum absolute atomic E-state index is 0.0105. The first-order valence-corrected chi connectivity index (χ1v) is 10.6. The van der Waals surface area contributed by atoms with Crippen molar-refractivity contribution in [2.24, 2.45) is 0 Å². The number of aliphatic hydroxyl groups excluding tert-OH is 1. The van der Waals surface area contributed by atoms with Crippen LogP contribution in [0.2, 0.25) is 10.0 Å². The molecular formula is C24H19Cl2NO6. The number of carbonyl (C=O) groups excluding carboxylic acids is 2. The van der Waals surface area contributed by atoms with Crippen LogP contribution in [0.3, 0.4) is 0 Å². The van der Waals surface area contributed by atoms with Crippen LogP contribution in [0.1, 0.15) is 22.9 Å². The average molecular weight is 488 g/mol. The van der Waals surface area contributed by atoms with E-state index in [1.54, 1.807) is 24.3 Å². The zero-order valence-electron chi connectivity index (χ0n) is 17.9. The number of nitrogens with zero attached hydrogens (tertiary/aromatic N) is 1. The highest BCUT2D eigenvalue weighted by molar-refractivity contribution is 6.51. The number of furan rings is 1. The van der Waals surface area contributed by atoms with Gasteiger partial charge in [0.1, 0.15) is 22.6 Å². The number of rotatable bonds is 5. The maximum atomic E-state index is 13.2. The van der Waals surface area contributed by atoms with Crippen LogP contribution in [0.25, 0.3) is 5.76 Å². The van der Waals surface area contributed by atoms with Crippen molar-refractivity contribution >= 4 is 46.3 Å². The molecule has 1 aromatic heterocycles. The monoisotopic (exact) mass is 487 g/mol. The third-order valence-corrected chi connectivity index (χ3v) is 5.99. The van der Waals surface area contributed by atoms with Crippen molar-refractivity contribution in [2.45, 2.75) is 13.0 Å². The normalized spacial score (nSPS) is 17.5. The maximum Gasteiger partial charge on any atom is 0.300 e. The van der Waals surface area contributed by atoms with Gasteiger partial charge in [-0.05, 0) is 37.3 Å². The Hall–Kier alpha value is -3.42. The lowest BCUT2D eigenvalue weighted by molar-refractivity contribution is -0.132. The van der Waals surface area contributed by atoms with Gasteiger partial charge in [-0.3, -0.25) is 14.5 Å². The van der Waals surface area contributed by atoms with Crippen molar-refractivity contribution in [3.63, 3.8) is 0 Å². The van der Waals surface area contributed by atoms with E-state index in [2.05, 4.69) is 0 Å². The second-order valence-electron chi connectivity index (χ2n) is 7.31. The molecule has 2 aromatic carbocycles. The lowest BCUT2D eigenvalue weighted by atomic mass is 9.98. The molecule has 1 saturated heterocycles. The van der Waals surface area contributed by atoms with Crippen LogP contribution in [-0.2, 0) is 9.59 Å². The molecule has 0 radical (unpaired) electrons. The molecule has 1 aliphatic rings. The summed E-state index contributed by atoms with van der Waals surface area (Å²) >= 11 is 12.6. The lowest BCUT2D eigenvalue weighted by Gasteiger charge is -2.23. The Morgan fingerprint density at radius 2 is 1.73 bits per heavy atom. The van der Waals surface area contributed by atoms with Crippen molar-refractivity contribution in [2.75, 3.05) is 19.1 Å². The van der Waals surface area contributed by atoms with Gasteiger partial charge >= 0.3 is 0 Å². The standard InChI is InChI=1S/C24H19Cl2NO6/c1-12-6-8-13(9-7-12)27-19(16-5-4-10-33-16)17(21(29)24(27)30)20(28)14-11-15(25)23(32-3)18(26)22(14)31-2/h4-11,19,28H,1-3H3/b20-17-. The Morgan fingerprint density at radius 1 is 1.06 bits per heavy atom. The molecule has 0 aliphatic carbocycles. The van der Waals surface area contributed by atoms with Gasteiger partial charge in [-0.2, -0.15) is 0 Å². The first-order chi connectivity index (χ1) is 15.8. The van der Waals surface area contributed by atoms with Gasteiger partial charge in [0, 0.05) is 5.69 Å². The Labute approximate surface area is 199 Å². The number of ketones is 1. The van der Waals surface area contributed by atoms with E-state index in [1.165, 1.54) is 31.4 Å². The fourth-order valence-corrected chi connectivity index (χ4v) is 4.50. The van der Waals surface area contributed by atoms with Crippen molar-refractivity contribution in [1.29, 1.82) is 0 Å². The summed E-state index contributed by atoms with van der Waals surface area (Å²) in [6.45, 7) is 1.91. The zero-order valence-corrected chi connectivity index (χ0v) is 19.4. The summed E-state index contributed by atoms with van der Waals surface area (Å²) in [5.41, 5.74) is 1.30. The van der Waals surface area contributed by atoms with Crippen molar-refractivity contribution in [3.8, 4) is 11.5 Å². The molecular weight excluding hydrogens is 469 g/mol. The molecule has 0 saturated carbocycles. The summed E-state index contributed by atoms with van der Waals surface area (Å²) in [7, 11) is 2.73. The molecule has 33 heavy (non-hydrogen) atoms. The van der Waals surface area contributed by atoms with Crippen molar-refractivity contribution < 1.29 is 28.6 Å². The van der Waals surface area contributed by atoms with Gasteiger partial charge < -0.3 is 19.0 Å². The number of aliphatic hydroxyl groups is 1. The van der Waals surface area contributed by atoms with E-state index in [4.69, 9.17) is 37.1 Å². The molecule has 170 valence electrons. The van der Waals surface area contributed by atoms with E-state index in [1.807, 2.05) is 19.1 Å². The zero-order chi connectivity index (χ0) is 23.9. The number of halogens is 2. The quantitative estimate of drug-likeness (QED) is 0.288. The van der Waals surface area contributed by atoms with Crippen molar-refractivity contribution in [3.05, 3.63) is 81.2 Å². The maximum absolute atomic E-state index is 13.2. The number of methoxy groups -OCH3 is 2. The Bertz CT molecular complexity index is 1270. The number of Topliss-reactive ketones (excluding diaryl/α,β-unsaturated/α-hetero) is 1. The van der Waals surface area contributed by atoms with Gasteiger partial charge in [0.15, 0.2) is 11.5 Å². The molecule has 4 rings (SSSR count). The predicted octanol–water partition coefficient (Wildman–Crippen LogP) is 5.54. The molecule has 7 nitrogen and oxygen atoms in total. The van der Waals surface area contributed by atoms with Gasteiger partial charge in [-0.1, -0.05) is 40.9 Å². The van der Waals surface area contributed by atoms with E-state index in [9.17, 15) is 14.7 Å². The van der Waals surface area contributed by atoms with Crippen LogP contribution in [0.4, 0.5) is 5.69 Å². The minimum Gasteiger partial charge on any atom is -0.507 e. The van der Waals surface area contributed by atoms with Gasteiger partial charge in [-0.15, -0.1) is 0 Å². The van der Waals surface area contributed by atoms with Crippen molar-refractivity contribution in [1.82, 2.24) is 0 Å². The first kappa shape index (κ1) is 22.8. The Morgan fingerprint density at radius 3 is 2.30 bits per heavy atom. The molecule has 3 aromatic rings. The van der Waals surface area contributed by atoms with Gasteiger partial charge in [0.25, 0.3) is 11.7 Å². The number of benzene rings is 2. The summed E-state index contributed by atoms with van der Waals surface area (Å²) in [5, 5.41) is 11.4. The summed E-state index contributed by atoms with van der Waals surface area (Å²) in [6.07, 6.45) is 1.42. The molecule has 1 aliphatic heterocycles. The summed E-state index contributed by atoms with van der Waals surface area (Å²) in [5.74, 6) is -1.73. The highest BCUT2D eigenvalue weighted by atomic mass is 35.5. The molecule has 0 spiro atoms. The third-order valence-electron chi connectivity index (χ3n) is 5.36. The third kappa shape index (κ3) is 3.73. The Balaban J connectivity index is 1.98. The smallest absolute Gasteiger partial charge is 0.300 e. The van der Waals surface area contributed by atoms with Crippen LogP contribution < -0.4 is 14.4 Å². The number of hydrogen-bond acceptors (Lipinski definition) is 6. The highest BCUT2D eigenvalue weighted by Gasteiger charge is 2.48. The van der Waals surface area contributed by atoms with Crippen LogP contribution in [-0.4, -0.2) is 31.0 Å². The lowest BCUT2D eigenvalue weighted by Crippen LogP contribution is -2.29. The summed E-state index contributed by atoms with van der Waals surface area (Å²) in [4.78, 5) is 27.6. The predicted molar refractivity (Wildman–Crippen MR) is 124 cm³/mol. The van der Waals surface area contributed by atoms with E-state index >= 15 is 0 Å². The first-order valence-electron chi connectivity index (χ1n) is 9.81. The van der Waals surface area contributed by atoms with Gasteiger partial charge in [0.2, 0.25) is 0 Å². The van der Waals surface area contributed by atoms with E-state index in [0.717, 1.165) is 5.56 Å². The number of amides is 1. The van der Waals surface area contributed by atoms with Gasteiger partial charge in [0.05, 0.1) is 36.6 Å². The van der Waals surface area contributed by atoms with Gasteiger partial charge in [-0.25, -0.2) is 0 Å². The minimum atomic E-state index is -1.02. The Kier molecular flexibility index (Phi) is 6.10. The second-order valence-corrected chi connectivity index (χ2v) is 8.09. The SMILES string of the molecule is COc1c(Cl)cc(/C(O)=C2/C(=O)C(=O)N(c3ccc(C)cc3)C2c2ccco2)c(OC)c1Cl.